The molecule has 11 heteroatoms. The first-order valence-electron chi connectivity index (χ1n) is 13.3. The van der Waals surface area contributed by atoms with E-state index in [4.69, 9.17) is 9.47 Å². The summed E-state index contributed by atoms with van der Waals surface area (Å²) in [5, 5.41) is 18.2. The fraction of sp³-hybridized carbons (Fsp3) is 0.333. The van der Waals surface area contributed by atoms with Crippen LogP contribution in [0.15, 0.2) is 72.8 Å². The molecule has 0 aromatic heterocycles. The van der Waals surface area contributed by atoms with Crippen LogP contribution in [0.3, 0.4) is 0 Å². The Morgan fingerprint density at radius 2 is 1.68 bits per heavy atom. The molecule has 5 atom stereocenters. The second-order valence-electron chi connectivity index (χ2n) is 10.2. The summed E-state index contributed by atoms with van der Waals surface area (Å²) in [4.78, 5) is 25.4. The summed E-state index contributed by atoms with van der Waals surface area (Å²) < 4.78 is 50.5. The van der Waals surface area contributed by atoms with Crippen molar-refractivity contribution in [3.63, 3.8) is 0 Å². The number of urea groups is 1. The average Bonchev–Trinajstić information content (AvgIpc) is 3.30. The van der Waals surface area contributed by atoms with Gasteiger partial charge in [0, 0.05) is 22.9 Å². The average molecular weight is 570 g/mol. The van der Waals surface area contributed by atoms with Gasteiger partial charge >= 0.3 is 12.2 Å². The lowest BCUT2D eigenvalue weighted by molar-refractivity contribution is -0.142. The lowest BCUT2D eigenvalue weighted by atomic mass is 9.84. The van der Waals surface area contributed by atoms with Crippen molar-refractivity contribution >= 4 is 23.3 Å². The number of rotatable bonds is 7. The summed E-state index contributed by atoms with van der Waals surface area (Å²) in [6, 6.07) is 18.1. The summed E-state index contributed by atoms with van der Waals surface area (Å²) in [6.07, 6.45) is -5.42. The number of aliphatic hydroxyl groups is 1. The largest absolute Gasteiger partial charge is 0.487 e. The maximum atomic E-state index is 12.8. The van der Waals surface area contributed by atoms with E-state index < -0.39 is 36.1 Å². The van der Waals surface area contributed by atoms with Crippen molar-refractivity contribution in [1.82, 2.24) is 5.32 Å². The highest BCUT2D eigenvalue weighted by Crippen LogP contribution is 2.47. The molecule has 0 bridgehead atoms. The van der Waals surface area contributed by atoms with E-state index in [1.54, 1.807) is 18.2 Å². The van der Waals surface area contributed by atoms with Crippen molar-refractivity contribution in [2.75, 3.05) is 17.2 Å². The Morgan fingerprint density at radius 3 is 2.37 bits per heavy atom. The summed E-state index contributed by atoms with van der Waals surface area (Å²) >= 11 is 0. The van der Waals surface area contributed by atoms with Gasteiger partial charge in [-0.1, -0.05) is 30.3 Å². The van der Waals surface area contributed by atoms with Crippen LogP contribution in [0.2, 0.25) is 0 Å². The lowest BCUT2D eigenvalue weighted by Crippen LogP contribution is -2.47. The molecule has 0 aliphatic carbocycles. The van der Waals surface area contributed by atoms with Gasteiger partial charge in [-0.05, 0) is 61.4 Å². The van der Waals surface area contributed by atoms with E-state index >= 15 is 0 Å². The predicted molar refractivity (Wildman–Crippen MR) is 146 cm³/mol. The quantitative estimate of drug-likeness (QED) is 0.296. The monoisotopic (exact) mass is 569 g/mol. The van der Waals surface area contributed by atoms with Crippen molar-refractivity contribution < 1.29 is 37.3 Å². The van der Waals surface area contributed by atoms with Gasteiger partial charge in [0.2, 0.25) is 5.91 Å². The summed E-state index contributed by atoms with van der Waals surface area (Å²) in [5.41, 5.74) is 1.65. The molecule has 2 aliphatic rings. The molecule has 41 heavy (non-hydrogen) atoms. The Kier molecular flexibility index (Phi) is 8.18. The molecule has 4 N–H and O–H groups in total. The highest BCUT2D eigenvalue weighted by molar-refractivity contribution is 5.99. The summed E-state index contributed by atoms with van der Waals surface area (Å²) in [6.45, 7) is 1.62. The fourth-order valence-electron chi connectivity index (χ4n) is 5.34. The van der Waals surface area contributed by atoms with Crippen molar-refractivity contribution in [3.8, 4) is 5.75 Å². The number of aliphatic hydroxyl groups excluding tert-OH is 1. The number of nitrogens with one attached hydrogen (secondary N) is 3. The van der Waals surface area contributed by atoms with Gasteiger partial charge in [-0.3, -0.25) is 4.79 Å². The molecule has 1 fully saturated rings. The Morgan fingerprint density at radius 1 is 1.00 bits per heavy atom. The van der Waals surface area contributed by atoms with Crippen molar-refractivity contribution in [2.24, 2.45) is 0 Å². The van der Waals surface area contributed by atoms with E-state index in [0.29, 0.717) is 17.9 Å². The highest BCUT2D eigenvalue weighted by Gasteiger charge is 2.46. The zero-order valence-electron chi connectivity index (χ0n) is 22.2. The van der Waals surface area contributed by atoms with Gasteiger partial charge in [0.05, 0.1) is 30.7 Å². The van der Waals surface area contributed by atoms with E-state index in [1.807, 2.05) is 37.3 Å². The van der Waals surface area contributed by atoms with Crippen LogP contribution in [-0.2, 0) is 15.7 Å². The van der Waals surface area contributed by atoms with E-state index in [0.717, 1.165) is 23.3 Å². The number of hydrogen-bond acceptors (Lipinski definition) is 5. The molecule has 3 aromatic carbocycles. The van der Waals surface area contributed by atoms with Gasteiger partial charge in [-0.15, -0.1) is 0 Å². The second-order valence-corrected chi connectivity index (χ2v) is 10.2. The van der Waals surface area contributed by atoms with Gasteiger partial charge in [0.1, 0.15) is 18.0 Å². The van der Waals surface area contributed by atoms with Crippen LogP contribution in [0, 0.1) is 0 Å². The number of amides is 3. The molecular formula is C30H30F3N3O5. The predicted octanol–water partition coefficient (Wildman–Crippen LogP) is 5.61. The summed E-state index contributed by atoms with van der Waals surface area (Å²) in [5.74, 6) is 0.245. The van der Waals surface area contributed by atoms with E-state index in [-0.39, 0.29) is 36.6 Å². The zero-order chi connectivity index (χ0) is 29.1. The molecule has 0 unspecified atom stereocenters. The van der Waals surface area contributed by atoms with Crippen LogP contribution in [-0.4, -0.2) is 42.0 Å². The van der Waals surface area contributed by atoms with Gasteiger partial charge in [0.25, 0.3) is 0 Å². The number of halogens is 3. The third kappa shape index (κ3) is 6.63. The molecule has 216 valence electrons. The molecule has 0 saturated carbocycles. The van der Waals surface area contributed by atoms with Gasteiger partial charge in [0.15, 0.2) is 0 Å². The molecule has 2 aliphatic heterocycles. The molecule has 3 aromatic rings. The first kappa shape index (κ1) is 28.4. The van der Waals surface area contributed by atoms with Crippen LogP contribution in [0.25, 0.3) is 0 Å². The second kappa shape index (κ2) is 11.8. The minimum atomic E-state index is -4.46. The number of carbonyl (C=O) groups excluding carboxylic acids is 2. The zero-order valence-corrected chi connectivity index (χ0v) is 22.2. The molecule has 0 spiro atoms. The number of ether oxygens (including phenoxy) is 2. The normalized spacial score (nSPS) is 22.1. The first-order valence-corrected chi connectivity index (χ1v) is 13.3. The van der Waals surface area contributed by atoms with Crippen LogP contribution in [0.4, 0.5) is 29.3 Å². The molecule has 1 saturated heterocycles. The van der Waals surface area contributed by atoms with E-state index in [1.165, 1.54) is 12.1 Å². The topological polar surface area (TPSA) is 109 Å². The third-order valence-electron chi connectivity index (χ3n) is 7.32. The summed E-state index contributed by atoms with van der Waals surface area (Å²) in [7, 11) is 0. The minimum absolute atomic E-state index is 0.111. The lowest BCUT2D eigenvalue weighted by Gasteiger charge is -2.37. The van der Waals surface area contributed by atoms with Gasteiger partial charge in [-0.2, -0.15) is 13.2 Å². The number of alkyl halides is 3. The number of anilines is 2. The van der Waals surface area contributed by atoms with Crippen LogP contribution in [0.1, 0.15) is 48.4 Å². The number of carbonyl (C=O) groups is 2. The van der Waals surface area contributed by atoms with E-state index in [2.05, 4.69) is 16.0 Å². The molecule has 0 radical (unpaired) electrons. The minimum Gasteiger partial charge on any atom is -0.487 e. The Labute approximate surface area is 234 Å². The number of fused-ring (bicyclic) bond motifs is 3. The molecule has 3 amide bonds. The standard InChI is InChI=1S/C30H30F3N3O5/c1-17(18-5-3-2-4-6-18)34-27(38)15-22-14-24-23-13-21(11-12-25(23)41-28(24)26(16-37)40-22)36-29(39)35-20-9-7-19(8-10-20)30(31,32)33/h2-13,17,22,24,26,28,37H,14-16H2,1H3,(H,34,38)(H2,35,36,39)/t17-,22+,24-,26+,28+/m0/s1. The van der Waals surface area contributed by atoms with Gasteiger partial charge < -0.3 is 30.5 Å². The molecule has 8 nitrogen and oxygen atoms in total. The highest BCUT2D eigenvalue weighted by atomic mass is 19.4. The fourth-order valence-corrected chi connectivity index (χ4v) is 5.34. The van der Waals surface area contributed by atoms with Crippen LogP contribution < -0.4 is 20.7 Å². The van der Waals surface area contributed by atoms with Crippen LogP contribution in [0.5, 0.6) is 5.75 Å². The molecule has 2 heterocycles. The van der Waals surface area contributed by atoms with Crippen LogP contribution >= 0.6 is 0 Å². The van der Waals surface area contributed by atoms with Crippen molar-refractivity contribution in [2.45, 2.75) is 56.2 Å². The Bertz CT molecular complexity index is 1380. The Hall–Kier alpha value is -4.09. The van der Waals surface area contributed by atoms with Crippen molar-refractivity contribution in [1.29, 1.82) is 0 Å². The first-order chi connectivity index (χ1) is 19.6. The molecule has 5 rings (SSSR count). The maximum absolute atomic E-state index is 12.8. The molecular weight excluding hydrogens is 539 g/mol. The van der Waals surface area contributed by atoms with Crippen molar-refractivity contribution in [3.05, 3.63) is 89.5 Å². The maximum Gasteiger partial charge on any atom is 0.416 e. The Balaban J connectivity index is 1.23. The number of hydrogen-bond donors (Lipinski definition) is 4. The third-order valence-corrected chi connectivity index (χ3v) is 7.32. The number of benzene rings is 3. The SMILES string of the molecule is C[C@H](NC(=O)C[C@H]1C[C@H]2c3cc(NC(=O)Nc4ccc(C(F)(F)F)cc4)ccc3O[C@H]2[C@@H](CO)O1)c1ccccc1. The van der Waals surface area contributed by atoms with E-state index in [9.17, 15) is 27.9 Å². The smallest absolute Gasteiger partial charge is 0.416 e. The van der Waals surface area contributed by atoms with Gasteiger partial charge in [-0.25, -0.2) is 4.79 Å².